The first-order valence-corrected chi connectivity index (χ1v) is 10.4. The molecule has 146 valence electrons. The highest BCUT2D eigenvalue weighted by atomic mass is 16.5. The van der Waals surface area contributed by atoms with E-state index in [-0.39, 0.29) is 0 Å². The number of hydrogen-bond acceptors (Lipinski definition) is 3. The molecule has 1 aromatic rings. The maximum absolute atomic E-state index is 12.4. The Morgan fingerprint density at radius 3 is 2.19 bits per heavy atom. The van der Waals surface area contributed by atoms with Crippen LogP contribution in [0.3, 0.4) is 0 Å². The van der Waals surface area contributed by atoms with Crippen LogP contribution in [0.5, 0.6) is 5.75 Å². The highest BCUT2D eigenvalue weighted by Gasteiger charge is 2.22. The van der Waals surface area contributed by atoms with Crippen molar-refractivity contribution in [3.63, 3.8) is 0 Å². The van der Waals surface area contributed by atoms with Gasteiger partial charge in [-0.3, -0.25) is 4.79 Å². The van der Waals surface area contributed by atoms with Crippen LogP contribution < -0.4 is 9.64 Å². The van der Waals surface area contributed by atoms with Gasteiger partial charge < -0.3 is 14.5 Å². The highest BCUT2D eigenvalue weighted by molar-refractivity contribution is 5.76. The summed E-state index contributed by atoms with van der Waals surface area (Å²) in [4.78, 5) is 16.8. The number of unbranched alkanes of at least 4 members (excludes halogenated alkanes) is 7. The Bertz CT molecular complexity index is 525. The van der Waals surface area contributed by atoms with Crippen molar-refractivity contribution in [3.8, 4) is 5.75 Å². The fourth-order valence-corrected chi connectivity index (χ4v) is 3.66. The molecule has 26 heavy (non-hydrogen) atoms. The Morgan fingerprint density at radius 1 is 0.923 bits per heavy atom. The van der Waals surface area contributed by atoms with E-state index in [2.05, 4.69) is 17.9 Å². The van der Waals surface area contributed by atoms with Gasteiger partial charge in [0.25, 0.3) is 0 Å². The second-order valence-corrected chi connectivity index (χ2v) is 7.26. The first-order chi connectivity index (χ1) is 12.8. The van der Waals surface area contributed by atoms with E-state index < -0.39 is 0 Å². The summed E-state index contributed by atoms with van der Waals surface area (Å²) in [6.45, 7) is 5.64. The third kappa shape index (κ3) is 6.54. The normalized spacial score (nSPS) is 14.5. The van der Waals surface area contributed by atoms with Crippen LogP contribution in [0.4, 0.5) is 5.69 Å². The van der Waals surface area contributed by atoms with Crippen molar-refractivity contribution < 1.29 is 9.53 Å². The number of rotatable bonds is 11. The van der Waals surface area contributed by atoms with Gasteiger partial charge in [0.2, 0.25) is 5.91 Å². The summed E-state index contributed by atoms with van der Waals surface area (Å²) in [6.07, 6.45) is 10.9. The van der Waals surface area contributed by atoms with Crippen molar-refractivity contribution in [2.24, 2.45) is 0 Å². The van der Waals surface area contributed by atoms with Gasteiger partial charge in [-0.2, -0.15) is 0 Å². The van der Waals surface area contributed by atoms with E-state index in [4.69, 9.17) is 4.74 Å². The number of benzene rings is 1. The van der Waals surface area contributed by atoms with Crippen LogP contribution in [0.2, 0.25) is 0 Å². The Hall–Kier alpha value is -1.71. The Labute approximate surface area is 159 Å². The lowest BCUT2D eigenvalue weighted by molar-refractivity contribution is -0.131. The fraction of sp³-hybridized carbons (Fsp3) is 0.682. The summed E-state index contributed by atoms with van der Waals surface area (Å²) in [5.74, 6) is 1.24. The van der Waals surface area contributed by atoms with Gasteiger partial charge in [-0.15, -0.1) is 0 Å². The predicted octanol–water partition coefficient (Wildman–Crippen LogP) is 4.87. The van der Waals surface area contributed by atoms with Crippen LogP contribution >= 0.6 is 0 Å². The van der Waals surface area contributed by atoms with E-state index in [9.17, 15) is 4.79 Å². The Kier molecular flexibility index (Phi) is 9.36. The largest absolute Gasteiger partial charge is 0.495 e. The number of para-hydroxylation sites is 2. The number of piperazine rings is 1. The van der Waals surface area contributed by atoms with Crippen molar-refractivity contribution in [2.45, 2.75) is 64.7 Å². The van der Waals surface area contributed by atoms with Crippen molar-refractivity contribution in [2.75, 3.05) is 38.2 Å². The average Bonchev–Trinajstić information content (AvgIpc) is 2.70. The Balaban J connectivity index is 1.62. The molecule has 2 rings (SSSR count). The molecule has 1 aliphatic heterocycles. The number of nitrogens with zero attached hydrogens (tertiary/aromatic N) is 2. The molecule has 0 unspecified atom stereocenters. The van der Waals surface area contributed by atoms with Gasteiger partial charge in [-0.05, 0) is 18.6 Å². The van der Waals surface area contributed by atoms with Gasteiger partial charge in [0.05, 0.1) is 12.8 Å². The molecule has 0 N–H and O–H groups in total. The van der Waals surface area contributed by atoms with Crippen LogP contribution in [0, 0.1) is 0 Å². The first kappa shape index (κ1) is 20.6. The molecule has 1 amide bonds. The molecular formula is C22H36N2O2. The van der Waals surface area contributed by atoms with E-state index in [0.29, 0.717) is 12.3 Å². The molecule has 1 aliphatic rings. The number of anilines is 1. The van der Waals surface area contributed by atoms with Gasteiger partial charge in [-0.1, -0.05) is 64.0 Å². The second-order valence-electron chi connectivity index (χ2n) is 7.26. The molecule has 1 heterocycles. The summed E-state index contributed by atoms with van der Waals surface area (Å²) in [6, 6.07) is 8.12. The lowest BCUT2D eigenvalue weighted by Gasteiger charge is -2.36. The minimum absolute atomic E-state index is 0.329. The number of amides is 1. The Morgan fingerprint density at radius 2 is 1.54 bits per heavy atom. The highest BCUT2D eigenvalue weighted by Crippen LogP contribution is 2.28. The molecule has 1 fully saturated rings. The number of methoxy groups -OCH3 is 1. The van der Waals surface area contributed by atoms with Crippen molar-refractivity contribution in [1.29, 1.82) is 0 Å². The lowest BCUT2D eigenvalue weighted by Crippen LogP contribution is -2.48. The molecule has 4 nitrogen and oxygen atoms in total. The number of carbonyl (C=O) groups is 1. The quantitative estimate of drug-likeness (QED) is 0.528. The summed E-state index contributed by atoms with van der Waals surface area (Å²) < 4.78 is 5.46. The summed E-state index contributed by atoms with van der Waals surface area (Å²) >= 11 is 0. The van der Waals surface area contributed by atoms with Crippen LogP contribution in [0.25, 0.3) is 0 Å². The van der Waals surface area contributed by atoms with Crippen LogP contribution in [-0.2, 0) is 4.79 Å². The van der Waals surface area contributed by atoms with Gasteiger partial charge in [0, 0.05) is 32.6 Å². The molecule has 0 aliphatic carbocycles. The van der Waals surface area contributed by atoms with E-state index in [1.54, 1.807) is 7.11 Å². The van der Waals surface area contributed by atoms with Crippen LogP contribution in [0.15, 0.2) is 24.3 Å². The van der Waals surface area contributed by atoms with E-state index in [1.165, 1.54) is 44.9 Å². The molecule has 0 radical (unpaired) electrons. The molecule has 0 aromatic heterocycles. The third-order valence-corrected chi connectivity index (χ3v) is 5.30. The van der Waals surface area contributed by atoms with Gasteiger partial charge in [0.1, 0.15) is 5.75 Å². The number of hydrogen-bond donors (Lipinski definition) is 0. The fourth-order valence-electron chi connectivity index (χ4n) is 3.66. The minimum atomic E-state index is 0.329. The first-order valence-electron chi connectivity index (χ1n) is 10.4. The monoisotopic (exact) mass is 360 g/mol. The minimum Gasteiger partial charge on any atom is -0.495 e. The molecule has 0 saturated carbocycles. The van der Waals surface area contributed by atoms with Crippen LogP contribution in [0.1, 0.15) is 64.7 Å². The number of ether oxygens (including phenoxy) is 1. The zero-order valence-electron chi connectivity index (χ0n) is 16.7. The maximum Gasteiger partial charge on any atom is 0.222 e. The molecule has 1 saturated heterocycles. The summed E-state index contributed by atoms with van der Waals surface area (Å²) in [5.41, 5.74) is 1.13. The van der Waals surface area contributed by atoms with Crippen LogP contribution in [-0.4, -0.2) is 44.1 Å². The zero-order chi connectivity index (χ0) is 18.6. The smallest absolute Gasteiger partial charge is 0.222 e. The summed E-state index contributed by atoms with van der Waals surface area (Å²) in [5, 5.41) is 0. The topological polar surface area (TPSA) is 32.8 Å². The third-order valence-electron chi connectivity index (χ3n) is 5.30. The number of carbonyl (C=O) groups excluding carboxylic acids is 1. The van der Waals surface area contributed by atoms with Gasteiger partial charge in [0.15, 0.2) is 0 Å². The van der Waals surface area contributed by atoms with Crippen molar-refractivity contribution in [1.82, 2.24) is 4.90 Å². The summed E-state index contributed by atoms with van der Waals surface area (Å²) in [7, 11) is 1.71. The molecule has 1 aromatic carbocycles. The van der Waals surface area contributed by atoms with E-state index in [0.717, 1.165) is 44.0 Å². The maximum atomic E-state index is 12.4. The standard InChI is InChI=1S/C22H36N2O2/c1-3-4-5-6-7-8-9-10-15-22(25)24-18-16-23(17-19-24)20-13-11-12-14-21(20)26-2/h11-14H,3-10,15-19H2,1-2H3. The molecular weight excluding hydrogens is 324 g/mol. The van der Waals surface area contributed by atoms with E-state index >= 15 is 0 Å². The van der Waals surface area contributed by atoms with Gasteiger partial charge in [-0.25, -0.2) is 0 Å². The van der Waals surface area contributed by atoms with Gasteiger partial charge >= 0.3 is 0 Å². The predicted molar refractivity (Wildman–Crippen MR) is 109 cm³/mol. The SMILES string of the molecule is CCCCCCCCCCC(=O)N1CCN(c2ccccc2OC)CC1. The molecule has 0 atom stereocenters. The lowest BCUT2D eigenvalue weighted by atomic mass is 10.1. The second kappa shape index (κ2) is 11.8. The molecule has 0 spiro atoms. The van der Waals surface area contributed by atoms with Crippen molar-refractivity contribution >= 4 is 11.6 Å². The van der Waals surface area contributed by atoms with E-state index in [1.807, 2.05) is 23.1 Å². The average molecular weight is 361 g/mol. The molecule has 0 bridgehead atoms. The zero-order valence-corrected chi connectivity index (χ0v) is 16.7. The molecule has 4 heteroatoms. The van der Waals surface area contributed by atoms with Crippen molar-refractivity contribution in [3.05, 3.63) is 24.3 Å².